The summed E-state index contributed by atoms with van der Waals surface area (Å²) in [6.45, 7) is 4.18. The summed E-state index contributed by atoms with van der Waals surface area (Å²) in [5.74, 6) is 1.17. The van der Waals surface area contributed by atoms with Crippen LogP contribution in [0.5, 0.6) is 0 Å². The average molecular weight is 696 g/mol. The first-order valence-electron chi connectivity index (χ1n) is 17.8. The number of nitrogens with one attached hydrogen (secondary N) is 2. The minimum absolute atomic E-state index is 0.00895. The van der Waals surface area contributed by atoms with Crippen molar-refractivity contribution in [3.05, 3.63) is 52.5 Å². The lowest BCUT2D eigenvalue weighted by molar-refractivity contribution is -0.137. The van der Waals surface area contributed by atoms with Crippen molar-refractivity contribution in [1.82, 2.24) is 25.4 Å². The Balaban J connectivity index is 1.82. The molecule has 1 fully saturated rings. The summed E-state index contributed by atoms with van der Waals surface area (Å²) in [4.78, 5) is 49.7. The fraction of sp³-hybridized carbons (Fsp3) is 0.632. The third kappa shape index (κ3) is 14.2. The molecule has 10 nitrogen and oxygen atoms in total. The molecule has 11 heteroatoms. The molecule has 0 unspecified atom stereocenters. The van der Waals surface area contributed by atoms with Crippen molar-refractivity contribution in [1.29, 1.82) is 0 Å². The quantitative estimate of drug-likeness (QED) is 0.115. The molecule has 1 aromatic carbocycles. The van der Waals surface area contributed by atoms with Crippen molar-refractivity contribution in [3.63, 3.8) is 0 Å². The molecule has 0 radical (unpaired) electrons. The second-order valence-electron chi connectivity index (χ2n) is 13.6. The van der Waals surface area contributed by atoms with Crippen LogP contribution < -0.4 is 10.6 Å². The van der Waals surface area contributed by atoms with Gasteiger partial charge < -0.3 is 30.6 Å². The van der Waals surface area contributed by atoms with Crippen LogP contribution in [0.4, 0.5) is 0 Å². The van der Waals surface area contributed by atoms with E-state index in [0.717, 1.165) is 44.3 Å². The number of nitrogens with zero attached hydrogens (tertiary/aromatic N) is 3. The lowest BCUT2D eigenvalue weighted by atomic mass is 9.82. The van der Waals surface area contributed by atoms with Gasteiger partial charge in [0.05, 0.1) is 35.4 Å². The Morgan fingerprint density at radius 3 is 2.43 bits per heavy atom. The topological polar surface area (TPSA) is 135 Å². The number of amides is 3. The van der Waals surface area contributed by atoms with Crippen molar-refractivity contribution < 1.29 is 24.6 Å². The molecule has 0 saturated heterocycles. The van der Waals surface area contributed by atoms with E-state index in [-0.39, 0.29) is 18.7 Å². The van der Waals surface area contributed by atoms with E-state index in [1.165, 1.54) is 17.8 Å². The standard InChI is InChI=1S/C38H57N5O5S/c1-5-7-10-19-34(44)36(46)32(23-29-17-13-9-14-18-29)40-38(48)33(25-31-26-49-27-39-31)41-37(47)30(22-28-15-11-8-12-16-28)24-35(45)43(4)21-20-42(3)6-2/h1,8,11-12,15-16,26-27,29-30,32-34,36,44,46H,6-7,9-10,13-14,17-25H2,2-4H3,(H,40,48)(H,41,47)/t30-,32+,33+,34+,36-/m1/s1. The Morgan fingerprint density at radius 2 is 1.78 bits per heavy atom. The molecular weight excluding hydrogens is 639 g/mol. The fourth-order valence-corrected chi connectivity index (χ4v) is 6.95. The zero-order valence-corrected chi connectivity index (χ0v) is 30.4. The number of hydrogen-bond acceptors (Lipinski definition) is 8. The van der Waals surface area contributed by atoms with Gasteiger partial charge in [-0.2, -0.15) is 0 Å². The first-order chi connectivity index (χ1) is 23.6. The maximum Gasteiger partial charge on any atom is 0.243 e. The highest BCUT2D eigenvalue weighted by Gasteiger charge is 2.34. The number of hydrogen-bond donors (Lipinski definition) is 4. The van der Waals surface area contributed by atoms with E-state index in [4.69, 9.17) is 6.42 Å². The van der Waals surface area contributed by atoms with Gasteiger partial charge in [-0.15, -0.1) is 23.7 Å². The zero-order chi connectivity index (χ0) is 35.6. The van der Waals surface area contributed by atoms with E-state index in [9.17, 15) is 24.6 Å². The second-order valence-corrected chi connectivity index (χ2v) is 14.3. The first-order valence-corrected chi connectivity index (χ1v) is 18.8. The summed E-state index contributed by atoms with van der Waals surface area (Å²) < 4.78 is 0. The minimum Gasteiger partial charge on any atom is -0.390 e. The number of rotatable bonds is 21. The molecule has 0 bridgehead atoms. The summed E-state index contributed by atoms with van der Waals surface area (Å²) in [5, 5.41) is 30.0. The number of terminal acetylenes is 1. The molecule has 0 spiro atoms. The number of likely N-dealkylation sites (N-methyl/N-ethyl adjacent to an activating group) is 2. The van der Waals surface area contributed by atoms with E-state index >= 15 is 0 Å². The predicted octanol–water partition coefficient (Wildman–Crippen LogP) is 3.81. The van der Waals surface area contributed by atoms with Gasteiger partial charge >= 0.3 is 0 Å². The van der Waals surface area contributed by atoms with Crippen LogP contribution in [0.15, 0.2) is 41.2 Å². The molecule has 49 heavy (non-hydrogen) atoms. The van der Waals surface area contributed by atoms with Gasteiger partial charge in [-0.25, -0.2) is 4.98 Å². The predicted molar refractivity (Wildman–Crippen MR) is 195 cm³/mol. The molecule has 1 aliphatic carbocycles. The number of unbranched alkanes of at least 4 members (excludes halogenated alkanes) is 1. The Morgan fingerprint density at radius 1 is 1.04 bits per heavy atom. The number of benzene rings is 1. The van der Waals surface area contributed by atoms with E-state index in [1.807, 2.05) is 42.8 Å². The van der Waals surface area contributed by atoms with Crippen molar-refractivity contribution in [2.45, 2.75) is 108 Å². The average Bonchev–Trinajstić information content (AvgIpc) is 3.63. The molecule has 4 N–H and O–H groups in total. The highest BCUT2D eigenvalue weighted by molar-refractivity contribution is 7.07. The normalized spacial score (nSPS) is 16.6. The third-order valence-electron chi connectivity index (χ3n) is 9.70. The fourth-order valence-electron chi connectivity index (χ4n) is 6.37. The van der Waals surface area contributed by atoms with Gasteiger partial charge in [-0.1, -0.05) is 69.4 Å². The van der Waals surface area contributed by atoms with Gasteiger partial charge in [0, 0.05) is 44.8 Å². The zero-order valence-electron chi connectivity index (χ0n) is 29.6. The third-order valence-corrected chi connectivity index (χ3v) is 10.3. The SMILES string of the molecule is C#CCCC[C@H](O)[C@H](O)[C@H](CC1CCCCC1)NC(=O)[C@H](Cc1cscn1)NC(=O)[C@@H](CC(=O)N(C)CCN(C)CC)Cc1ccccc1. The van der Waals surface area contributed by atoms with Gasteiger partial charge in [0.25, 0.3) is 0 Å². The summed E-state index contributed by atoms with van der Waals surface area (Å²) in [5.41, 5.74) is 3.25. The monoisotopic (exact) mass is 695 g/mol. The summed E-state index contributed by atoms with van der Waals surface area (Å²) in [6.07, 6.45) is 10.9. The van der Waals surface area contributed by atoms with E-state index < -0.39 is 42.0 Å². The Labute approximate surface area is 297 Å². The molecule has 3 amide bonds. The number of carbonyl (C=O) groups excluding carboxylic acids is 3. The van der Waals surface area contributed by atoms with E-state index in [0.29, 0.717) is 50.3 Å². The maximum atomic E-state index is 14.1. The minimum atomic E-state index is -1.19. The Bertz CT molecular complexity index is 1300. The number of thiazole rings is 1. The molecule has 1 heterocycles. The lowest BCUT2D eigenvalue weighted by Gasteiger charge is -2.33. The molecular formula is C38H57N5O5S. The summed E-state index contributed by atoms with van der Waals surface area (Å²) >= 11 is 1.40. The van der Waals surface area contributed by atoms with Crippen LogP contribution in [0.1, 0.15) is 82.4 Å². The Hall–Kier alpha value is -3.30. The molecule has 2 aromatic rings. The van der Waals surface area contributed by atoms with Crippen molar-refractivity contribution in [2.75, 3.05) is 33.7 Å². The molecule has 3 rings (SSSR count). The van der Waals surface area contributed by atoms with Crippen LogP contribution in [0, 0.1) is 24.2 Å². The van der Waals surface area contributed by atoms with Crippen LogP contribution in [0.2, 0.25) is 0 Å². The molecule has 0 aliphatic heterocycles. The number of aromatic nitrogens is 1. The molecule has 1 saturated carbocycles. The highest BCUT2D eigenvalue weighted by Crippen LogP contribution is 2.29. The van der Waals surface area contributed by atoms with E-state index in [2.05, 4.69) is 33.4 Å². The van der Waals surface area contributed by atoms with E-state index in [1.54, 1.807) is 17.5 Å². The van der Waals surface area contributed by atoms with Crippen LogP contribution >= 0.6 is 11.3 Å². The van der Waals surface area contributed by atoms with Crippen molar-refractivity contribution in [2.24, 2.45) is 11.8 Å². The smallest absolute Gasteiger partial charge is 0.243 e. The van der Waals surface area contributed by atoms with Crippen LogP contribution in [-0.2, 0) is 27.2 Å². The lowest BCUT2D eigenvalue weighted by Crippen LogP contribution is -2.56. The first kappa shape index (κ1) is 40.1. The summed E-state index contributed by atoms with van der Waals surface area (Å²) in [6, 6.07) is 7.85. The highest BCUT2D eigenvalue weighted by atomic mass is 32.1. The number of carbonyl (C=O) groups is 3. The van der Waals surface area contributed by atoms with Gasteiger partial charge in [-0.3, -0.25) is 14.4 Å². The Kier molecular flexibility index (Phi) is 17.8. The van der Waals surface area contributed by atoms with Gasteiger partial charge in [-0.05, 0) is 50.8 Å². The van der Waals surface area contributed by atoms with Gasteiger partial charge in [0.1, 0.15) is 6.04 Å². The van der Waals surface area contributed by atoms with Crippen molar-refractivity contribution >= 4 is 29.1 Å². The van der Waals surface area contributed by atoms with Crippen LogP contribution in [0.3, 0.4) is 0 Å². The molecule has 1 aliphatic rings. The van der Waals surface area contributed by atoms with Crippen LogP contribution in [-0.4, -0.2) is 101 Å². The largest absolute Gasteiger partial charge is 0.390 e. The summed E-state index contributed by atoms with van der Waals surface area (Å²) in [7, 11) is 3.75. The number of aliphatic hydroxyl groups is 2. The van der Waals surface area contributed by atoms with Gasteiger partial charge in [0.2, 0.25) is 17.7 Å². The second kappa shape index (κ2) is 21.7. The molecule has 5 atom stereocenters. The van der Waals surface area contributed by atoms with Crippen molar-refractivity contribution in [3.8, 4) is 12.3 Å². The van der Waals surface area contributed by atoms with Gasteiger partial charge in [0.15, 0.2) is 0 Å². The molecule has 1 aromatic heterocycles. The van der Waals surface area contributed by atoms with Crippen LogP contribution in [0.25, 0.3) is 0 Å². The molecule has 270 valence electrons. The number of aliphatic hydroxyl groups excluding tert-OH is 2. The maximum absolute atomic E-state index is 14.1.